The van der Waals surface area contributed by atoms with Gasteiger partial charge < -0.3 is 5.11 Å². The maximum absolute atomic E-state index is 10.9. The molecule has 14 heavy (non-hydrogen) atoms. The topological polar surface area (TPSA) is 40.5 Å². The van der Waals surface area contributed by atoms with Crippen molar-refractivity contribution in [3.8, 4) is 0 Å². The molecule has 1 saturated heterocycles. The van der Waals surface area contributed by atoms with Gasteiger partial charge in [0.1, 0.15) is 4.87 Å². The van der Waals surface area contributed by atoms with Crippen LogP contribution in [0.3, 0.4) is 0 Å². The molecule has 4 heteroatoms. The van der Waals surface area contributed by atoms with Gasteiger partial charge in [0.15, 0.2) is 0 Å². The number of hydrogen-bond acceptors (Lipinski definition) is 2. The van der Waals surface area contributed by atoms with E-state index in [9.17, 15) is 4.79 Å². The largest absolute Gasteiger partial charge is 0.480 e. The Balaban J connectivity index is 2.59. The van der Waals surface area contributed by atoms with Crippen LogP contribution in [0, 0.1) is 0 Å². The molecule has 1 N–H and O–H groups in total. The lowest BCUT2D eigenvalue weighted by Gasteiger charge is -2.42. The Morgan fingerprint density at radius 3 is 2.07 bits per heavy atom. The fourth-order valence-electron chi connectivity index (χ4n) is 1.75. The highest BCUT2D eigenvalue weighted by Gasteiger charge is 2.41. The zero-order valence-corrected chi connectivity index (χ0v) is 9.76. The van der Waals surface area contributed by atoms with Gasteiger partial charge in [0.25, 0.3) is 0 Å². The van der Waals surface area contributed by atoms with Gasteiger partial charge in [-0.2, -0.15) is 0 Å². The second kappa shape index (κ2) is 3.70. The molecule has 0 aliphatic carbocycles. The first kappa shape index (κ1) is 11.8. The van der Waals surface area contributed by atoms with Gasteiger partial charge in [-0.15, -0.1) is 11.6 Å². The Morgan fingerprint density at radius 1 is 1.36 bits per heavy atom. The van der Waals surface area contributed by atoms with Gasteiger partial charge in [-0.1, -0.05) is 0 Å². The Bertz CT molecular complexity index is 227. The van der Waals surface area contributed by atoms with Gasteiger partial charge in [-0.25, -0.2) is 0 Å². The summed E-state index contributed by atoms with van der Waals surface area (Å²) in [5.41, 5.74) is 0.108. The quantitative estimate of drug-likeness (QED) is 0.686. The molecule has 82 valence electrons. The lowest BCUT2D eigenvalue weighted by atomic mass is 9.92. The summed E-state index contributed by atoms with van der Waals surface area (Å²) in [5, 5.41) is 8.94. The molecule has 1 fully saturated rings. The van der Waals surface area contributed by atoms with Crippen LogP contribution in [0.2, 0.25) is 0 Å². The number of carbonyl (C=O) groups is 1. The first-order valence-corrected chi connectivity index (χ1v) is 5.31. The van der Waals surface area contributed by atoms with Crippen LogP contribution in [-0.4, -0.2) is 39.5 Å². The summed E-state index contributed by atoms with van der Waals surface area (Å²) in [6.07, 6.45) is 1.06. The predicted molar refractivity (Wildman–Crippen MR) is 56.8 cm³/mol. The Hall–Kier alpha value is -0.280. The first-order valence-electron chi connectivity index (χ1n) is 4.93. The lowest BCUT2D eigenvalue weighted by molar-refractivity contribution is -0.142. The summed E-state index contributed by atoms with van der Waals surface area (Å²) in [6.45, 7) is 7.93. The van der Waals surface area contributed by atoms with Crippen molar-refractivity contribution in [1.82, 2.24) is 4.90 Å². The fraction of sp³-hybridized carbons (Fsp3) is 0.900. The number of nitrogens with zero attached hydrogens (tertiary/aromatic N) is 1. The Morgan fingerprint density at radius 2 is 1.79 bits per heavy atom. The van der Waals surface area contributed by atoms with Gasteiger partial charge in [-0.3, -0.25) is 9.69 Å². The standard InChI is InChI=1S/C10H18ClNO2/c1-9(2,3)12-6-4-10(11,5-7-12)8(13)14/h4-7H2,1-3H3,(H,13,14). The highest BCUT2D eigenvalue weighted by Crippen LogP contribution is 2.32. The van der Waals surface area contributed by atoms with Gasteiger partial charge >= 0.3 is 5.97 Å². The van der Waals surface area contributed by atoms with E-state index in [0.717, 1.165) is 13.1 Å². The van der Waals surface area contributed by atoms with Crippen molar-refractivity contribution in [2.24, 2.45) is 0 Å². The highest BCUT2D eigenvalue weighted by molar-refractivity contribution is 6.33. The number of hydrogen-bond donors (Lipinski definition) is 1. The zero-order valence-electron chi connectivity index (χ0n) is 9.01. The third kappa shape index (κ3) is 2.39. The molecule has 3 nitrogen and oxygen atoms in total. The number of alkyl halides is 1. The average Bonchev–Trinajstić information content (AvgIpc) is 2.03. The summed E-state index contributed by atoms with van der Waals surface area (Å²) in [6, 6.07) is 0. The monoisotopic (exact) mass is 219 g/mol. The molecule has 1 aliphatic heterocycles. The number of carboxylic acids is 1. The SMILES string of the molecule is CC(C)(C)N1CCC(Cl)(C(=O)O)CC1. The Kier molecular flexibility index (Phi) is 3.12. The minimum atomic E-state index is -1.03. The molecule has 0 amide bonds. The van der Waals surface area contributed by atoms with Crippen LogP contribution in [0.4, 0.5) is 0 Å². The van der Waals surface area contributed by atoms with Crippen molar-refractivity contribution in [2.75, 3.05) is 13.1 Å². The maximum atomic E-state index is 10.9. The molecule has 0 aromatic carbocycles. The van der Waals surface area contributed by atoms with E-state index in [4.69, 9.17) is 16.7 Å². The highest BCUT2D eigenvalue weighted by atomic mass is 35.5. The van der Waals surface area contributed by atoms with Crippen LogP contribution < -0.4 is 0 Å². The van der Waals surface area contributed by atoms with Crippen molar-refractivity contribution in [3.63, 3.8) is 0 Å². The van der Waals surface area contributed by atoms with Crippen molar-refractivity contribution in [2.45, 2.75) is 44.0 Å². The molecule has 0 spiro atoms. The average molecular weight is 220 g/mol. The van der Waals surface area contributed by atoms with Crippen molar-refractivity contribution in [1.29, 1.82) is 0 Å². The van der Waals surface area contributed by atoms with E-state index in [1.54, 1.807) is 0 Å². The molecule has 0 bridgehead atoms. The van der Waals surface area contributed by atoms with Crippen LogP contribution in [0.15, 0.2) is 0 Å². The summed E-state index contributed by atoms with van der Waals surface area (Å²) < 4.78 is 0. The summed E-state index contributed by atoms with van der Waals surface area (Å²) in [5.74, 6) is -0.882. The fourth-order valence-corrected chi connectivity index (χ4v) is 1.91. The molecule has 0 unspecified atom stereocenters. The number of carboxylic acid groups (broad SMARTS) is 1. The minimum Gasteiger partial charge on any atom is -0.480 e. The second-order valence-electron chi connectivity index (χ2n) is 4.93. The summed E-state index contributed by atoms with van der Waals surface area (Å²) >= 11 is 6.00. The molecule has 1 aliphatic rings. The van der Waals surface area contributed by atoms with E-state index < -0.39 is 10.8 Å². The van der Waals surface area contributed by atoms with Crippen molar-refractivity contribution < 1.29 is 9.90 Å². The smallest absolute Gasteiger partial charge is 0.324 e. The van der Waals surface area contributed by atoms with Crippen molar-refractivity contribution in [3.05, 3.63) is 0 Å². The molecule has 1 heterocycles. The van der Waals surface area contributed by atoms with Crippen molar-refractivity contribution >= 4 is 17.6 Å². The molecule has 0 radical (unpaired) electrons. The second-order valence-corrected chi connectivity index (χ2v) is 5.65. The van der Waals surface area contributed by atoms with E-state index in [-0.39, 0.29) is 5.54 Å². The third-order valence-electron chi connectivity index (χ3n) is 2.89. The molecule has 1 rings (SSSR count). The molecule has 0 saturated carbocycles. The van der Waals surface area contributed by atoms with E-state index in [0.29, 0.717) is 12.8 Å². The van der Waals surface area contributed by atoms with Crippen LogP contribution in [-0.2, 0) is 4.79 Å². The van der Waals surface area contributed by atoms with Crippen LogP contribution in [0.1, 0.15) is 33.6 Å². The number of piperidine rings is 1. The van der Waals surface area contributed by atoms with Crippen LogP contribution in [0.25, 0.3) is 0 Å². The maximum Gasteiger partial charge on any atom is 0.324 e. The number of likely N-dealkylation sites (tertiary alicyclic amines) is 1. The van der Waals surface area contributed by atoms with E-state index in [1.807, 2.05) is 0 Å². The number of rotatable bonds is 1. The first-order chi connectivity index (χ1) is 6.26. The Labute approximate surface area is 90.0 Å². The van der Waals surface area contributed by atoms with Crippen LogP contribution in [0.5, 0.6) is 0 Å². The van der Waals surface area contributed by atoms with E-state index in [1.165, 1.54) is 0 Å². The van der Waals surface area contributed by atoms with Gasteiger partial charge in [0.05, 0.1) is 0 Å². The van der Waals surface area contributed by atoms with Crippen LogP contribution >= 0.6 is 11.6 Å². The summed E-state index contributed by atoms with van der Waals surface area (Å²) in [4.78, 5) is 12.1. The predicted octanol–water partition coefficient (Wildman–Crippen LogP) is 1.94. The van der Waals surface area contributed by atoms with Gasteiger partial charge in [0.2, 0.25) is 0 Å². The number of halogens is 1. The molecule has 0 aromatic heterocycles. The number of aliphatic carboxylic acids is 1. The lowest BCUT2D eigenvalue weighted by Crippen LogP contribution is -2.52. The van der Waals surface area contributed by atoms with E-state index in [2.05, 4.69) is 25.7 Å². The summed E-state index contributed by atoms with van der Waals surface area (Å²) in [7, 11) is 0. The molecular weight excluding hydrogens is 202 g/mol. The zero-order chi connectivity index (χ0) is 11.0. The third-order valence-corrected chi connectivity index (χ3v) is 3.43. The molecule has 0 atom stereocenters. The normalized spacial score (nSPS) is 23.4. The molecular formula is C10H18ClNO2. The van der Waals surface area contributed by atoms with Gasteiger partial charge in [-0.05, 0) is 33.6 Å². The van der Waals surface area contributed by atoms with E-state index >= 15 is 0 Å². The van der Waals surface area contributed by atoms with Gasteiger partial charge in [0, 0.05) is 18.6 Å². The minimum absolute atomic E-state index is 0.108. The molecule has 0 aromatic rings.